The standard InChI is InChI=1S/C14H11N3OS/c18-14-10-2-1-3-11-12(10)17(6-5-15-14)13(16-11)9-4-7-19-8-9/h1-4,7-8H,5-6H2,(H,15,18). The van der Waals surface area contributed by atoms with E-state index in [1.807, 2.05) is 23.6 Å². The van der Waals surface area contributed by atoms with Crippen molar-refractivity contribution >= 4 is 28.3 Å². The lowest BCUT2D eigenvalue weighted by atomic mass is 10.2. The highest BCUT2D eigenvalue weighted by Crippen LogP contribution is 2.29. The van der Waals surface area contributed by atoms with Crippen LogP contribution < -0.4 is 5.32 Å². The predicted octanol–water partition coefficient (Wildman–Crippen LogP) is 2.51. The molecule has 5 heteroatoms. The third-order valence-corrected chi connectivity index (χ3v) is 4.09. The van der Waals surface area contributed by atoms with Gasteiger partial charge >= 0.3 is 0 Å². The van der Waals surface area contributed by atoms with Gasteiger partial charge in [0.15, 0.2) is 0 Å². The topological polar surface area (TPSA) is 46.9 Å². The maximum absolute atomic E-state index is 12.0. The summed E-state index contributed by atoms with van der Waals surface area (Å²) in [6.45, 7) is 1.39. The molecule has 0 saturated carbocycles. The average Bonchev–Trinajstić information content (AvgIpc) is 3.01. The number of benzene rings is 1. The van der Waals surface area contributed by atoms with Crippen molar-refractivity contribution in [1.29, 1.82) is 0 Å². The zero-order valence-electron chi connectivity index (χ0n) is 10.1. The summed E-state index contributed by atoms with van der Waals surface area (Å²) in [6.07, 6.45) is 0. The summed E-state index contributed by atoms with van der Waals surface area (Å²) in [5.74, 6) is 0.932. The zero-order valence-corrected chi connectivity index (χ0v) is 10.9. The Morgan fingerprint density at radius 2 is 2.26 bits per heavy atom. The Bertz CT molecular complexity index is 773. The molecule has 3 heterocycles. The molecule has 1 aliphatic heterocycles. The van der Waals surface area contributed by atoms with Crippen LogP contribution in [0.3, 0.4) is 0 Å². The fourth-order valence-corrected chi connectivity index (χ4v) is 3.21. The van der Waals surface area contributed by atoms with E-state index in [-0.39, 0.29) is 5.91 Å². The van der Waals surface area contributed by atoms with E-state index in [0.717, 1.165) is 29.0 Å². The molecule has 0 bridgehead atoms. The Hall–Kier alpha value is -2.14. The Balaban J connectivity index is 2.10. The SMILES string of the molecule is O=C1NCCn2c(-c3ccsc3)nc3cccc1c32. The molecule has 1 aromatic carbocycles. The van der Waals surface area contributed by atoms with Crippen molar-refractivity contribution in [3.05, 3.63) is 40.6 Å². The van der Waals surface area contributed by atoms with Crippen LogP contribution in [0.2, 0.25) is 0 Å². The normalized spacial score (nSPS) is 14.4. The lowest BCUT2D eigenvalue weighted by Gasteiger charge is -2.05. The number of amides is 1. The molecule has 19 heavy (non-hydrogen) atoms. The largest absolute Gasteiger partial charge is 0.350 e. The van der Waals surface area contributed by atoms with Crippen LogP contribution in [0.15, 0.2) is 35.0 Å². The fraction of sp³-hybridized carbons (Fsp3) is 0.143. The van der Waals surface area contributed by atoms with Crippen molar-refractivity contribution in [2.24, 2.45) is 0 Å². The van der Waals surface area contributed by atoms with E-state index >= 15 is 0 Å². The maximum Gasteiger partial charge on any atom is 0.253 e. The van der Waals surface area contributed by atoms with Gasteiger partial charge in [-0.25, -0.2) is 4.98 Å². The summed E-state index contributed by atoms with van der Waals surface area (Å²) in [5.41, 5.74) is 3.65. The van der Waals surface area contributed by atoms with Crippen LogP contribution in [0.1, 0.15) is 10.4 Å². The molecule has 2 aromatic heterocycles. The molecule has 1 amide bonds. The molecule has 4 nitrogen and oxygen atoms in total. The van der Waals surface area contributed by atoms with Crippen molar-refractivity contribution in [1.82, 2.24) is 14.9 Å². The third-order valence-electron chi connectivity index (χ3n) is 3.41. The average molecular weight is 269 g/mol. The number of aromatic nitrogens is 2. The predicted molar refractivity (Wildman–Crippen MR) is 75.4 cm³/mol. The second-order valence-corrected chi connectivity index (χ2v) is 5.31. The van der Waals surface area contributed by atoms with Gasteiger partial charge in [-0.05, 0) is 23.6 Å². The molecule has 0 saturated heterocycles. The van der Waals surface area contributed by atoms with Gasteiger partial charge in [0.25, 0.3) is 5.91 Å². The van der Waals surface area contributed by atoms with Crippen molar-refractivity contribution in [2.75, 3.05) is 6.54 Å². The second-order valence-electron chi connectivity index (χ2n) is 4.53. The molecule has 0 fully saturated rings. The number of rotatable bonds is 1. The van der Waals surface area contributed by atoms with Crippen LogP contribution in [-0.4, -0.2) is 22.0 Å². The molecule has 1 N–H and O–H groups in total. The van der Waals surface area contributed by atoms with Gasteiger partial charge in [-0.1, -0.05) is 6.07 Å². The van der Waals surface area contributed by atoms with Crippen LogP contribution in [0.5, 0.6) is 0 Å². The van der Waals surface area contributed by atoms with Crippen molar-refractivity contribution in [3.8, 4) is 11.4 Å². The van der Waals surface area contributed by atoms with E-state index in [4.69, 9.17) is 4.98 Å². The van der Waals surface area contributed by atoms with Gasteiger partial charge in [-0.2, -0.15) is 11.3 Å². The highest BCUT2D eigenvalue weighted by atomic mass is 32.1. The van der Waals surface area contributed by atoms with E-state index in [2.05, 4.69) is 21.3 Å². The first-order valence-electron chi connectivity index (χ1n) is 6.14. The number of hydrogen-bond donors (Lipinski definition) is 1. The maximum atomic E-state index is 12.0. The lowest BCUT2D eigenvalue weighted by molar-refractivity contribution is 0.0956. The number of nitrogens with one attached hydrogen (secondary N) is 1. The molecule has 94 valence electrons. The first-order valence-corrected chi connectivity index (χ1v) is 7.09. The molecule has 0 unspecified atom stereocenters. The monoisotopic (exact) mass is 269 g/mol. The highest BCUT2D eigenvalue weighted by Gasteiger charge is 2.21. The van der Waals surface area contributed by atoms with E-state index in [0.29, 0.717) is 12.1 Å². The van der Waals surface area contributed by atoms with E-state index in [9.17, 15) is 4.79 Å². The molecular weight excluding hydrogens is 258 g/mol. The van der Waals surface area contributed by atoms with Gasteiger partial charge in [-0.3, -0.25) is 4.79 Å². The van der Waals surface area contributed by atoms with Gasteiger partial charge < -0.3 is 9.88 Å². The van der Waals surface area contributed by atoms with Gasteiger partial charge in [0.05, 0.1) is 16.6 Å². The number of hydrogen-bond acceptors (Lipinski definition) is 3. The smallest absolute Gasteiger partial charge is 0.253 e. The minimum atomic E-state index is -0.0129. The molecule has 0 radical (unpaired) electrons. The molecule has 0 aliphatic carbocycles. The molecule has 0 spiro atoms. The minimum absolute atomic E-state index is 0.0129. The number of carbonyl (C=O) groups is 1. The molecule has 0 atom stereocenters. The van der Waals surface area contributed by atoms with E-state index < -0.39 is 0 Å². The summed E-state index contributed by atoms with van der Waals surface area (Å²) in [4.78, 5) is 16.7. The molecule has 1 aliphatic rings. The second kappa shape index (κ2) is 3.93. The summed E-state index contributed by atoms with van der Waals surface area (Å²) >= 11 is 1.66. The van der Waals surface area contributed by atoms with Gasteiger partial charge in [-0.15, -0.1) is 0 Å². The summed E-state index contributed by atoms with van der Waals surface area (Å²) in [6, 6.07) is 7.77. The Morgan fingerprint density at radius 3 is 3.11 bits per heavy atom. The van der Waals surface area contributed by atoms with Crippen molar-refractivity contribution in [2.45, 2.75) is 6.54 Å². The summed E-state index contributed by atoms with van der Waals surface area (Å²) in [7, 11) is 0. The van der Waals surface area contributed by atoms with Gasteiger partial charge in [0, 0.05) is 24.0 Å². The molecule has 4 rings (SSSR count). The lowest BCUT2D eigenvalue weighted by Crippen LogP contribution is -2.24. The number of imidazole rings is 1. The van der Waals surface area contributed by atoms with Crippen LogP contribution in [0, 0.1) is 0 Å². The van der Waals surface area contributed by atoms with Crippen LogP contribution in [0.4, 0.5) is 0 Å². The zero-order chi connectivity index (χ0) is 12.8. The van der Waals surface area contributed by atoms with E-state index in [1.165, 1.54) is 0 Å². The van der Waals surface area contributed by atoms with Crippen LogP contribution in [-0.2, 0) is 6.54 Å². The van der Waals surface area contributed by atoms with Crippen LogP contribution >= 0.6 is 11.3 Å². The van der Waals surface area contributed by atoms with Crippen LogP contribution in [0.25, 0.3) is 22.4 Å². The number of carbonyl (C=O) groups excluding carboxylic acids is 1. The first kappa shape index (κ1) is 10.8. The number of thiophene rings is 1. The molecule has 3 aromatic rings. The van der Waals surface area contributed by atoms with Gasteiger partial charge in [0.2, 0.25) is 0 Å². The van der Waals surface area contributed by atoms with Crippen molar-refractivity contribution < 1.29 is 4.79 Å². The van der Waals surface area contributed by atoms with Crippen molar-refractivity contribution in [3.63, 3.8) is 0 Å². The Morgan fingerprint density at radius 1 is 1.32 bits per heavy atom. The third kappa shape index (κ3) is 1.51. The number of nitrogens with zero attached hydrogens (tertiary/aromatic N) is 2. The van der Waals surface area contributed by atoms with Gasteiger partial charge in [0.1, 0.15) is 5.82 Å². The first-order chi connectivity index (χ1) is 9.34. The highest BCUT2D eigenvalue weighted by molar-refractivity contribution is 7.08. The minimum Gasteiger partial charge on any atom is -0.350 e. The quantitative estimate of drug-likeness (QED) is 0.738. The summed E-state index contributed by atoms with van der Waals surface area (Å²) < 4.78 is 2.14. The fourth-order valence-electron chi connectivity index (χ4n) is 2.58. The molecular formula is C14H11N3OS. The Labute approximate surface area is 113 Å². The van der Waals surface area contributed by atoms with E-state index in [1.54, 1.807) is 11.3 Å². The Kier molecular flexibility index (Phi) is 2.22. The number of para-hydroxylation sites is 1. The summed E-state index contributed by atoms with van der Waals surface area (Å²) in [5, 5.41) is 7.06.